The second-order valence-electron chi connectivity index (χ2n) is 16.5. The van der Waals surface area contributed by atoms with Crippen molar-refractivity contribution in [1.82, 2.24) is 0 Å². The molecule has 0 radical (unpaired) electrons. The summed E-state index contributed by atoms with van der Waals surface area (Å²) >= 11 is 6.19. The number of amides is 1. The van der Waals surface area contributed by atoms with Gasteiger partial charge in [-0.1, -0.05) is 152 Å². The van der Waals surface area contributed by atoms with Gasteiger partial charge in [0, 0.05) is 38.7 Å². The number of benzene rings is 1. The zero-order valence-corrected chi connectivity index (χ0v) is 39.6. The Morgan fingerprint density at radius 1 is 0.927 bits per heavy atom. The van der Waals surface area contributed by atoms with E-state index >= 15 is 0 Å². The molecule has 7 heteroatoms. The number of rotatable bonds is 13. The Morgan fingerprint density at radius 2 is 1.51 bits per heavy atom. The summed E-state index contributed by atoms with van der Waals surface area (Å²) in [6.45, 7) is 37.5. The first-order valence-corrected chi connectivity index (χ1v) is 21.2. The highest BCUT2D eigenvalue weighted by Crippen LogP contribution is 2.30. The lowest BCUT2D eigenvalue weighted by Gasteiger charge is -2.20. The number of nitrogens with two attached hydrogens (primary N) is 1. The topological polar surface area (TPSA) is 85.7 Å². The smallest absolute Gasteiger partial charge is 0.248 e. The summed E-state index contributed by atoms with van der Waals surface area (Å²) in [5.74, 6) is -0.0458. The largest absolute Gasteiger partial charge is 0.453 e. The van der Waals surface area contributed by atoms with Gasteiger partial charge in [0.15, 0.2) is 5.76 Å². The van der Waals surface area contributed by atoms with Crippen molar-refractivity contribution in [3.8, 4) is 0 Å². The molecule has 310 valence electrons. The fourth-order valence-corrected chi connectivity index (χ4v) is 5.47. The highest BCUT2D eigenvalue weighted by molar-refractivity contribution is 7.28. The van der Waals surface area contributed by atoms with Gasteiger partial charge in [0.2, 0.25) is 11.7 Å². The van der Waals surface area contributed by atoms with Crippen LogP contribution in [0.1, 0.15) is 178 Å². The van der Waals surface area contributed by atoms with Crippen LogP contribution in [0.4, 0.5) is 0 Å². The van der Waals surface area contributed by atoms with Crippen LogP contribution < -0.4 is 21.7 Å². The van der Waals surface area contributed by atoms with Crippen molar-refractivity contribution in [3.63, 3.8) is 0 Å². The number of ketones is 1. The van der Waals surface area contributed by atoms with Gasteiger partial charge in [-0.15, -0.1) is 9.24 Å². The molecule has 0 saturated heterocycles. The number of hydrogen-bond acceptors (Lipinski definition) is 4. The molecule has 5 nitrogen and oxygen atoms in total. The maximum atomic E-state index is 12.8. The average molecular weight is 798 g/mol. The molecule has 0 aliphatic heterocycles. The van der Waals surface area contributed by atoms with E-state index in [1.807, 2.05) is 45.9 Å². The maximum Gasteiger partial charge on any atom is 0.248 e. The van der Waals surface area contributed by atoms with E-state index in [9.17, 15) is 9.59 Å². The molecule has 55 heavy (non-hydrogen) atoms. The molecule has 1 aromatic heterocycles. The van der Waals surface area contributed by atoms with Gasteiger partial charge in [0.1, 0.15) is 5.42 Å². The van der Waals surface area contributed by atoms with E-state index in [1.165, 1.54) is 25.7 Å². The Kier molecular flexibility index (Phi) is 27.1. The molecule has 1 aromatic carbocycles. The van der Waals surface area contributed by atoms with Gasteiger partial charge in [-0.2, -0.15) is 0 Å². The number of carbonyl (C=O) groups excluding carboxylic acids is 2. The normalized spacial score (nSPS) is 13.7. The SMILES string of the molecule is C=C(/C=C(/C)N=C(C)CCC)C(N)=O.CCCC.CCCC(C)(C)C.CC\C=c1/cc(C(=O)C(C)CC)o/c1=C(/C=C(\C)c1ccc(Cl)c(P)c1)C(C)(C)C. The average Bonchev–Trinajstić information content (AvgIpc) is 3.50. The van der Waals surface area contributed by atoms with Gasteiger partial charge in [-0.3, -0.25) is 14.6 Å². The summed E-state index contributed by atoms with van der Waals surface area (Å²) in [6, 6.07) is 7.92. The molecular weight excluding hydrogens is 719 g/mol. The first kappa shape index (κ1) is 54.1. The number of allylic oxidation sites excluding steroid dienone is 3. The lowest BCUT2D eigenvalue weighted by atomic mass is 9.84. The number of primary amides is 1. The Bertz CT molecular complexity index is 1710. The van der Waals surface area contributed by atoms with Gasteiger partial charge in [-0.25, -0.2) is 0 Å². The second kappa shape index (κ2) is 27.6. The molecule has 0 spiro atoms. The van der Waals surface area contributed by atoms with Crippen LogP contribution in [0.2, 0.25) is 5.02 Å². The van der Waals surface area contributed by atoms with Crippen molar-refractivity contribution in [2.24, 2.45) is 27.5 Å². The summed E-state index contributed by atoms with van der Waals surface area (Å²) in [4.78, 5) is 27.8. The Labute approximate surface area is 344 Å². The fraction of sp³-hybridized carbons (Fsp3) is 0.562. The molecule has 2 N–H and O–H groups in total. The highest BCUT2D eigenvalue weighted by Gasteiger charge is 2.22. The minimum atomic E-state index is -0.507. The van der Waals surface area contributed by atoms with Gasteiger partial charge >= 0.3 is 0 Å². The van der Waals surface area contributed by atoms with Crippen LogP contribution in [0, 0.1) is 16.7 Å². The molecule has 1 heterocycles. The van der Waals surface area contributed by atoms with E-state index in [2.05, 4.69) is 122 Å². The molecule has 0 saturated carbocycles. The summed E-state index contributed by atoms with van der Waals surface area (Å²) < 4.78 is 6.23. The third kappa shape index (κ3) is 23.0. The number of hydrogen-bond donors (Lipinski definition) is 1. The summed E-state index contributed by atoms with van der Waals surface area (Å²) in [5, 5.41) is 2.69. The maximum absolute atomic E-state index is 12.8. The van der Waals surface area contributed by atoms with E-state index in [0.29, 0.717) is 11.2 Å². The third-order valence-electron chi connectivity index (χ3n) is 8.53. The Morgan fingerprint density at radius 3 is 1.91 bits per heavy atom. The number of Topliss-reactive ketones (excluding diaryl/α,β-unsaturated/α-hetero) is 1. The van der Waals surface area contributed by atoms with Crippen LogP contribution in [0.15, 0.2) is 63.7 Å². The van der Waals surface area contributed by atoms with Crippen LogP contribution in [0.3, 0.4) is 0 Å². The van der Waals surface area contributed by atoms with Crippen molar-refractivity contribution < 1.29 is 14.0 Å². The summed E-state index contributed by atoms with van der Waals surface area (Å²) in [7, 11) is 2.68. The van der Waals surface area contributed by atoms with Crippen molar-refractivity contribution in [2.75, 3.05) is 0 Å². The first-order valence-electron chi connectivity index (χ1n) is 20.3. The van der Waals surface area contributed by atoms with Crippen molar-refractivity contribution >= 4 is 60.8 Å². The van der Waals surface area contributed by atoms with Crippen molar-refractivity contribution in [2.45, 2.75) is 162 Å². The number of furan rings is 1. The Hall–Kier alpha value is -3.01. The second-order valence-corrected chi connectivity index (χ2v) is 17.5. The molecule has 2 aromatic rings. The standard InChI is InChI=1S/C26H34ClO2P.C11H18N2O.C7H16.C4H10/c1-8-10-19-14-22(24(28)16(3)9-2)29-25(19)20(26(5,6)7)13-17(4)18-11-12-21(27)23(30)15-18;1-5-6-9(3)13-10(4)7-8(2)11(12)14;1-5-6-7(2,3)4;1-3-4-2/h10-16H,8-9,30H2,1-7H3;7H,2,5-6H2,1,3-4H3,(H2,12,14);5-6H2,1-4H3;3-4H2,1-2H3/b17-13+,19-10+,25-20-;10-7-,13-9?;;. The molecular formula is C48H78ClN2O3P. The lowest BCUT2D eigenvalue weighted by molar-refractivity contribution is -0.114. The van der Waals surface area contributed by atoms with E-state index < -0.39 is 5.91 Å². The molecule has 0 aliphatic carbocycles. The van der Waals surface area contributed by atoms with Gasteiger partial charge in [-0.05, 0) is 98.0 Å². The van der Waals surface area contributed by atoms with Crippen LogP contribution in [0.25, 0.3) is 17.2 Å². The number of unbranched alkanes of at least 4 members (excludes halogenated alkanes) is 1. The van der Waals surface area contributed by atoms with Crippen LogP contribution in [-0.4, -0.2) is 17.4 Å². The van der Waals surface area contributed by atoms with Gasteiger partial charge < -0.3 is 10.2 Å². The zero-order valence-electron chi connectivity index (χ0n) is 37.7. The van der Waals surface area contributed by atoms with Gasteiger partial charge in [0.05, 0.1) is 0 Å². The van der Waals surface area contributed by atoms with E-state index in [-0.39, 0.29) is 22.7 Å². The monoisotopic (exact) mass is 797 g/mol. The van der Waals surface area contributed by atoms with Crippen molar-refractivity contribution in [3.05, 3.63) is 81.2 Å². The zero-order chi connectivity index (χ0) is 43.1. The van der Waals surface area contributed by atoms with Crippen LogP contribution in [-0.2, 0) is 4.79 Å². The van der Waals surface area contributed by atoms with Crippen molar-refractivity contribution in [1.29, 1.82) is 0 Å². The minimum Gasteiger partial charge on any atom is -0.453 e. The summed E-state index contributed by atoms with van der Waals surface area (Å²) in [6.07, 6.45) is 14.9. The highest BCUT2D eigenvalue weighted by atomic mass is 35.5. The third-order valence-corrected chi connectivity index (χ3v) is 9.54. The predicted molar refractivity (Wildman–Crippen MR) is 249 cm³/mol. The molecule has 0 bridgehead atoms. The van der Waals surface area contributed by atoms with E-state index in [1.54, 1.807) is 6.08 Å². The predicted octanol–water partition coefficient (Wildman–Crippen LogP) is 13.0. The molecule has 2 unspecified atom stereocenters. The lowest BCUT2D eigenvalue weighted by Crippen LogP contribution is -2.27. The minimum absolute atomic E-state index is 0.0524. The van der Waals surface area contributed by atoms with Gasteiger partial charge in [0.25, 0.3) is 0 Å². The molecule has 0 fully saturated rings. The molecule has 0 aliphatic rings. The summed E-state index contributed by atoms with van der Waals surface area (Å²) in [5.41, 5.74) is 11.6. The molecule has 1 amide bonds. The Balaban J connectivity index is 0. The first-order chi connectivity index (χ1) is 25.4. The quantitative estimate of drug-likeness (QED) is 0.0720. The number of carbonyl (C=O) groups is 2. The van der Waals surface area contributed by atoms with E-state index in [4.69, 9.17) is 21.8 Å². The van der Waals surface area contributed by atoms with E-state index in [0.717, 1.165) is 74.8 Å². The fourth-order valence-electron chi connectivity index (χ4n) is 5.07. The molecule has 2 rings (SSSR count). The number of nitrogens with zero attached hydrogens (tertiary/aromatic N) is 1. The van der Waals surface area contributed by atoms with Crippen LogP contribution in [0.5, 0.6) is 0 Å². The number of aliphatic imine (C=N–C) groups is 1. The number of halogens is 1. The molecule has 2 atom stereocenters. The van der Waals surface area contributed by atoms with Crippen LogP contribution >= 0.6 is 20.8 Å².